The number of carbonyl (C=O) groups excluding carboxylic acids is 1. The average molecular weight is 409 g/mol. The van der Waals surface area contributed by atoms with E-state index >= 15 is 0 Å². The molecule has 0 radical (unpaired) electrons. The van der Waals surface area contributed by atoms with E-state index in [0.29, 0.717) is 11.5 Å². The Labute approximate surface area is 175 Å². The molecule has 1 aliphatic carbocycles. The van der Waals surface area contributed by atoms with Crippen molar-refractivity contribution in [3.8, 4) is 17.0 Å². The van der Waals surface area contributed by atoms with E-state index in [1.165, 1.54) is 0 Å². The van der Waals surface area contributed by atoms with Crippen LogP contribution < -0.4 is 10.1 Å². The zero-order chi connectivity index (χ0) is 21.1. The molecule has 3 aromatic rings. The van der Waals surface area contributed by atoms with E-state index in [-0.39, 0.29) is 24.0 Å². The highest BCUT2D eigenvalue weighted by atomic mass is 16.5. The summed E-state index contributed by atoms with van der Waals surface area (Å²) in [6.07, 6.45) is 5.48. The number of aromatic nitrogens is 4. The summed E-state index contributed by atoms with van der Waals surface area (Å²) in [6.45, 7) is 1.91. The van der Waals surface area contributed by atoms with Crippen LogP contribution in [0.25, 0.3) is 16.9 Å². The number of fused-ring (bicyclic) bond motifs is 1. The Morgan fingerprint density at radius 2 is 1.90 bits per heavy atom. The lowest BCUT2D eigenvalue weighted by Crippen LogP contribution is -2.36. The van der Waals surface area contributed by atoms with E-state index in [1.54, 1.807) is 25.1 Å². The van der Waals surface area contributed by atoms with Gasteiger partial charge in [0.15, 0.2) is 11.5 Å². The van der Waals surface area contributed by atoms with Crippen LogP contribution in [-0.2, 0) is 9.53 Å². The molecule has 1 N–H and O–H groups in total. The maximum absolute atomic E-state index is 12.6. The van der Waals surface area contributed by atoms with Crippen molar-refractivity contribution in [2.24, 2.45) is 5.92 Å². The number of nitrogens with zero attached hydrogens (tertiary/aromatic N) is 4. The van der Waals surface area contributed by atoms with Crippen LogP contribution >= 0.6 is 0 Å². The van der Waals surface area contributed by atoms with Gasteiger partial charge >= 0.3 is 0 Å². The Kier molecular flexibility index (Phi) is 5.94. The third-order valence-corrected chi connectivity index (χ3v) is 5.76. The normalized spacial score (nSPS) is 20.1. The van der Waals surface area contributed by atoms with Crippen LogP contribution in [0.15, 0.2) is 36.7 Å². The van der Waals surface area contributed by atoms with Crippen molar-refractivity contribution in [3.05, 3.63) is 42.5 Å². The van der Waals surface area contributed by atoms with Crippen LogP contribution in [-0.4, -0.2) is 45.8 Å². The number of hydrogen-bond acceptors (Lipinski definition) is 6. The summed E-state index contributed by atoms with van der Waals surface area (Å²) in [5, 5.41) is 7.55. The maximum atomic E-state index is 12.6. The van der Waals surface area contributed by atoms with Crippen LogP contribution in [0, 0.1) is 5.92 Å². The van der Waals surface area contributed by atoms with Gasteiger partial charge in [-0.25, -0.2) is 14.5 Å². The van der Waals surface area contributed by atoms with Crippen LogP contribution in [0.5, 0.6) is 5.75 Å². The number of nitrogens with one attached hydrogen (secondary N) is 1. The molecule has 1 amide bonds. The topological polar surface area (TPSA) is 90.6 Å². The first-order valence-electron chi connectivity index (χ1n) is 10.3. The highest BCUT2D eigenvalue weighted by Gasteiger charge is 2.27. The third-order valence-electron chi connectivity index (χ3n) is 5.76. The summed E-state index contributed by atoms with van der Waals surface area (Å²) in [7, 11) is 3.37. The molecule has 2 heterocycles. The minimum atomic E-state index is -0.276. The molecule has 2 aromatic heterocycles. The lowest BCUT2D eigenvalue weighted by atomic mass is 9.86. The molecule has 158 valence electrons. The second-order valence-corrected chi connectivity index (χ2v) is 7.72. The van der Waals surface area contributed by atoms with E-state index in [0.717, 1.165) is 42.7 Å². The van der Waals surface area contributed by atoms with Gasteiger partial charge in [0.2, 0.25) is 5.91 Å². The van der Waals surface area contributed by atoms with Gasteiger partial charge in [0.25, 0.3) is 0 Å². The van der Waals surface area contributed by atoms with Crippen LogP contribution in [0.1, 0.15) is 44.5 Å². The molecule has 0 saturated heterocycles. The van der Waals surface area contributed by atoms with Crippen molar-refractivity contribution >= 4 is 11.6 Å². The molecular weight excluding hydrogens is 382 g/mol. The highest BCUT2D eigenvalue weighted by molar-refractivity contribution is 5.79. The molecule has 1 aliphatic rings. The second kappa shape index (κ2) is 8.79. The van der Waals surface area contributed by atoms with Gasteiger partial charge in [-0.05, 0) is 56.9 Å². The molecule has 1 fully saturated rings. The number of hydrogen-bond donors (Lipinski definition) is 1. The fourth-order valence-electron chi connectivity index (χ4n) is 3.87. The van der Waals surface area contributed by atoms with Crippen LogP contribution in [0.3, 0.4) is 0 Å². The average Bonchev–Trinajstić information content (AvgIpc) is 3.23. The van der Waals surface area contributed by atoms with Gasteiger partial charge in [-0.2, -0.15) is 0 Å². The lowest BCUT2D eigenvalue weighted by molar-refractivity contribution is -0.127. The van der Waals surface area contributed by atoms with Gasteiger partial charge in [0.1, 0.15) is 12.1 Å². The van der Waals surface area contributed by atoms with Gasteiger partial charge in [-0.15, -0.1) is 5.10 Å². The van der Waals surface area contributed by atoms with E-state index in [2.05, 4.69) is 20.4 Å². The summed E-state index contributed by atoms with van der Waals surface area (Å²) < 4.78 is 12.2. The van der Waals surface area contributed by atoms with Gasteiger partial charge in [0, 0.05) is 24.7 Å². The molecule has 0 unspecified atom stereocenters. The summed E-state index contributed by atoms with van der Waals surface area (Å²) in [6, 6.07) is 9.31. The minimum absolute atomic E-state index is 0.0271. The summed E-state index contributed by atoms with van der Waals surface area (Å²) in [5.41, 5.74) is 2.46. The van der Waals surface area contributed by atoms with Crippen LogP contribution in [0.4, 0.5) is 0 Å². The van der Waals surface area contributed by atoms with Gasteiger partial charge < -0.3 is 14.8 Å². The van der Waals surface area contributed by atoms with E-state index in [4.69, 9.17) is 9.47 Å². The first-order chi connectivity index (χ1) is 14.6. The van der Waals surface area contributed by atoms with Gasteiger partial charge in [-0.3, -0.25) is 4.79 Å². The molecule has 8 nitrogen and oxygen atoms in total. The number of benzene rings is 1. The Morgan fingerprint density at radius 1 is 1.17 bits per heavy atom. The quantitative estimate of drug-likeness (QED) is 0.672. The van der Waals surface area contributed by atoms with Crippen molar-refractivity contribution < 1.29 is 14.3 Å². The number of methoxy groups -OCH3 is 2. The second-order valence-electron chi connectivity index (χ2n) is 7.72. The van der Waals surface area contributed by atoms with E-state index < -0.39 is 0 Å². The Hall–Kier alpha value is -3.00. The zero-order valence-corrected chi connectivity index (χ0v) is 17.5. The molecular formula is C22H27N5O3. The van der Waals surface area contributed by atoms with Crippen molar-refractivity contribution in [3.63, 3.8) is 0 Å². The first-order valence-corrected chi connectivity index (χ1v) is 10.3. The largest absolute Gasteiger partial charge is 0.497 e. The fraction of sp³-hybridized carbons (Fsp3) is 0.455. The Bertz CT molecular complexity index is 1010. The highest BCUT2D eigenvalue weighted by Crippen LogP contribution is 2.27. The molecule has 1 saturated carbocycles. The molecule has 1 atom stereocenters. The third kappa shape index (κ3) is 4.28. The summed E-state index contributed by atoms with van der Waals surface area (Å²) >= 11 is 0. The molecule has 0 bridgehead atoms. The van der Waals surface area contributed by atoms with Crippen LogP contribution in [0.2, 0.25) is 0 Å². The van der Waals surface area contributed by atoms with Gasteiger partial charge in [0.05, 0.1) is 24.9 Å². The maximum Gasteiger partial charge on any atom is 0.223 e. The lowest BCUT2D eigenvalue weighted by Gasteiger charge is -2.27. The minimum Gasteiger partial charge on any atom is -0.497 e. The smallest absolute Gasteiger partial charge is 0.223 e. The Morgan fingerprint density at radius 3 is 2.57 bits per heavy atom. The predicted molar refractivity (Wildman–Crippen MR) is 112 cm³/mol. The fourth-order valence-corrected chi connectivity index (χ4v) is 3.87. The molecule has 30 heavy (non-hydrogen) atoms. The van der Waals surface area contributed by atoms with Crippen molar-refractivity contribution in [2.75, 3.05) is 14.2 Å². The van der Waals surface area contributed by atoms with Gasteiger partial charge in [-0.1, -0.05) is 0 Å². The molecule has 1 aromatic carbocycles. The van der Waals surface area contributed by atoms with Crippen molar-refractivity contribution in [2.45, 2.75) is 44.8 Å². The van der Waals surface area contributed by atoms with Crippen molar-refractivity contribution in [1.29, 1.82) is 0 Å². The van der Waals surface area contributed by atoms with Crippen molar-refractivity contribution in [1.82, 2.24) is 24.9 Å². The predicted octanol–water partition coefficient (Wildman–Crippen LogP) is 3.18. The Balaban J connectivity index is 1.45. The number of amides is 1. The number of carbonyl (C=O) groups is 1. The monoisotopic (exact) mass is 409 g/mol. The summed E-state index contributed by atoms with van der Waals surface area (Å²) in [4.78, 5) is 21.7. The first kappa shape index (κ1) is 20.3. The standard InChI is InChI=1S/C22H27N5O3/c1-14(24-22(28)16-6-10-18(30-3)11-7-16)21-25-20-12-19(23-13-27(20)26-21)15-4-8-17(29-2)9-5-15/h4-5,8-9,12-14,16,18H,6-7,10-11H2,1-3H3,(H,24,28)/t14-,16?,18?/m0/s1. The zero-order valence-electron chi connectivity index (χ0n) is 17.5. The SMILES string of the molecule is COc1ccc(-c2cc3nc([C@H](C)NC(=O)C4CCC(OC)CC4)nn3cn2)cc1. The van der Waals surface area contributed by atoms with E-state index in [9.17, 15) is 4.79 Å². The molecule has 4 rings (SSSR count). The van der Waals surface area contributed by atoms with E-state index in [1.807, 2.05) is 37.3 Å². The molecule has 0 aliphatic heterocycles. The summed E-state index contributed by atoms with van der Waals surface area (Å²) in [5.74, 6) is 1.46. The molecule has 8 heteroatoms. The molecule has 0 spiro atoms. The number of rotatable bonds is 6. The number of ether oxygens (including phenoxy) is 2.